The largest absolute Gasteiger partial charge is 0.0995 e. The van der Waals surface area contributed by atoms with Gasteiger partial charge in [0.2, 0.25) is 0 Å². The van der Waals surface area contributed by atoms with E-state index in [-0.39, 0.29) is 0 Å². The molecule has 0 nitrogen and oxygen atoms in total. The Kier molecular flexibility index (Phi) is 3.70. The Labute approximate surface area is 87.0 Å². The third-order valence-corrected chi connectivity index (χ3v) is 2.42. The zero-order valence-corrected chi connectivity index (χ0v) is 9.14. The Morgan fingerprint density at radius 2 is 1.71 bits per heavy atom. The topological polar surface area (TPSA) is 0 Å². The van der Waals surface area contributed by atoms with E-state index in [0.717, 1.165) is 18.4 Å². The van der Waals surface area contributed by atoms with Gasteiger partial charge in [0.05, 0.1) is 0 Å². The van der Waals surface area contributed by atoms with Crippen molar-refractivity contribution in [3.63, 3.8) is 0 Å². The van der Waals surface area contributed by atoms with Crippen LogP contribution < -0.4 is 0 Å². The maximum atomic E-state index is 4.08. The van der Waals surface area contributed by atoms with Crippen molar-refractivity contribution in [3.05, 3.63) is 54.1 Å². The monoisotopic (exact) mass is 186 g/mol. The van der Waals surface area contributed by atoms with Crippen molar-refractivity contribution in [2.24, 2.45) is 0 Å². The Hall–Kier alpha value is -1.30. The molecule has 0 heterocycles. The van der Waals surface area contributed by atoms with Gasteiger partial charge in [-0.15, -0.1) is 0 Å². The summed E-state index contributed by atoms with van der Waals surface area (Å²) in [5, 5.41) is 0. The molecule has 1 aromatic rings. The molecule has 0 saturated heterocycles. The number of benzene rings is 1. The summed E-state index contributed by atoms with van der Waals surface area (Å²) in [5.74, 6) is 0. The van der Waals surface area contributed by atoms with Gasteiger partial charge in [0.15, 0.2) is 0 Å². The smallest absolute Gasteiger partial charge is 0.00699 e. The van der Waals surface area contributed by atoms with Gasteiger partial charge < -0.3 is 0 Å². The second-order valence-corrected chi connectivity index (χ2v) is 3.75. The first kappa shape index (κ1) is 10.8. The molecule has 0 fully saturated rings. The van der Waals surface area contributed by atoms with Crippen LogP contribution in [0.5, 0.6) is 0 Å². The highest BCUT2D eigenvalue weighted by Crippen LogP contribution is 2.21. The van der Waals surface area contributed by atoms with Crippen LogP contribution in [0.15, 0.2) is 43.0 Å². The highest BCUT2D eigenvalue weighted by molar-refractivity contribution is 5.65. The van der Waals surface area contributed by atoms with E-state index >= 15 is 0 Å². The number of allylic oxidation sites excluding steroid dienone is 2. The van der Waals surface area contributed by atoms with Crippen LogP contribution >= 0.6 is 0 Å². The molecule has 0 bridgehead atoms. The molecule has 0 saturated carbocycles. The number of hydrogen-bond donors (Lipinski definition) is 0. The lowest BCUT2D eigenvalue weighted by atomic mass is 9.99. The zero-order valence-electron chi connectivity index (χ0n) is 9.14. The Morgan fingerprint density at radius 1 is 1.14 bits per heavy atom. The lowest BCUT2D eigenvalue weighted by Gasteiger charge is -2.07. The van der Waals surface area contributed by atoms with E-state index in [9.17, 15) is 0 Å². The van der Waals surface area contributed by atoms with E-state index in [0.29, 0.717) is 0 Å². The van der Waals surface area contributed by atoms with Crippen molar-refractivity contribution in [1.82, 2.24) is 0 Å². The van der Waals surface area contributed by atoms with Gasteiger partial charge in [0.1, 0.15) is 0 Å². The van der Waals surface area contributed by atoms with Gasteiger partial charge in [-0.25, -0.2) is 0 Å². The summed E-state index contributed by atoms with van der Waals surface area (Å²) in [6.07, 6.45) is 1.95. The highest BCUT2D eigenvalue weighted by atomic mass is 14.0. The fourth-order valence-corrected chi connectivity index (χ4v) is 1.32. The first-order chi connectivity index (χ1) is 6.63. The number of aryl methyl sites for hydroxylation is 1. The minimum Gasteiger partial charge on any atom is -0.0995 e. The predicted molar refractivity (Wildman–Crippen MR) is 64.3 cm³/mol. The molecule has 0 unspecified atom stereocenters. The standard InChI is InChI=1S/C14H18/c1-5-11(2)10-13(4)14-8-6-12(3)7-9-14/h6-9H,2,4-5,10H2,1,3H3. The van der Waals surface area contributed by atoms with E-state index in [1.165, 1.54) is 16.7 Å². The molecule has 1 aromatic carbocycles. The number of rotatable bonds is 4. The van der Waals surface area contributed by atoms with E-state index in [2.05, 4.69) is 51.3 Å². The second kappa shape index (κ2) is 4.80. The van der Waals surface area contributed by atoms with E-state index < -0.39 is 0 Å². The van der Waals surface area contributed by atoms with Crippen LogP contribution in [-0.4, -0.2) is 0 Å². The molecule has 0 radical (unpaired) electrons. The van der Waals surface area contributed by atoms with Crippen LogP contribution in [0.2, 0.25) is 0 Å². The van der Waals surface area contributed by atoms with Gasteiger partial charge in [-0.3, -0.25) is 0 Å². The summed E-state index contributed by atoms with van der Waals surface area (Å²) in [6, 6.07) is 8.49. The third-order valence-electron chi connectivity index (χ3n) is 2.42. The average molecular weight is 186 g/mol. The Morgan fingerprint density at radius 3 is 2.21 bits per heavy atom. The van der Waals surface area contributed by atoms with Crippen LogP contribution in [0.1, 0.15) is 30.9 Å². The molecule has 0 aliphatic rings. The minimum atomic E-state index is 0.916. The summed E-state index contributed by atoms with van der Waals surface area (Å²) in [4.78, 5) is 0. The normalized spacial score (nSPS) is 9.86. The highest BCUT2D eigenvalue weighted by Gasteiger charge is 1.99. The Balaban J connectivity index is 2.70. The summed E-state index contributed by atoms with van der Waals surface area (Å²) >= 11 is 0. The van der Waals surface area contributed by atoms with Crippen LogP contribution in [0.3, 0.4) is 0 Å². The number of hydrogen-bond acceptors (Lipinski definition) is 0. The van der Waals surface area contributed by atoms with Crippen LogP contribution in [0.4, 0.5) is 0 Å². The van der Waals surface area contributed by atoms with E-state index in [1.54, 1.807) is 0 Å². The molecule has 0 amide bonds. The SMILES string of the molecule is C=C(CC)CC(=C)c1ccc(C)cc1. The van der Waals surface area contributed by atoms with Crippen LogP contribution in [0, 0.1) is 6.92 Å². The molecule has 0 aromatic heterocycles. The van der Waals surface area contributed by atoms with Gasteiger partial charge in [-0.05, 0) is 30.9 Å². The molecular weight excluding hydrogens is 168 g/mol. The van der Waals surface area contributed by atoms with Gasteiger partial charge in [0.25, 0.3) is 0 Å². The second-order valence-electron chi connectivity index (χ2n) is 3.75. The van der Waals surface area contributed by atoms with Crippen molar-refractivity contribution in [1.29, 1.82) is 0 Å². The molecule has 1 rings (SSSR count). The van der Waals surface area contributed by atoms with E-state index in [4.69, 9.17) is 0 Å². The first-order valence-corrected chi connectivity index (χ1v) is 5.05. The fourth-order valence-electron chi connectivity index (χ4n) is 1.32. The summed E-state index contributed by atoms with van der Waals surface area (Å²) in [5.41, 5.74) is 4.92. The molecule has 0 atom stereocenters. The lowest BCUT2D eigenvalue weighted by Crippen LogP contribution is -1.85. The summed E-state index contributed by atoms with van der Waals surface area (Å²) < 4.78 is 0. The lowest BCUT2D eigenvalue weighted by molar-refractivity contribution is 1.05. The van der Waals surface area contributed by atoms with Crippen molar-refractivity contribution >= 4 is 5.57 Å². The molecule has 14 heavy (non-hydrogen) atoms. The van der Waals surface area contributed by atoms with E-state index in [1.807, 2.05) is 0 Å². The summed E-state index contributed by atoms with van der Waals surface area (Å²) in [7, 11) is 0. The van der Waals surface area contributed by atoms with Crippen molar-refractivity contribution < 1.29 is 0 Å². The van der Waals surface area contributed by atoms with Gasteiger partial charge in [-0.2, -0.15) is 0 Å². The molecule has 0 spiro atoms. The molecular formula is C14H18. The molecule has 0 heteroatoms. The molecule has 0 N–H and O–H groups in total. The minimum absolute atomic E-state index is 0.916. The van der Waals surface area contributed by atoms with Crippen molar-refractivity contribution in [3.8, 4) is 0 Å². The maximum Gasteiger partial charge on any atom is -0.00699 e. The van der Waals surface area contributed by atoms with Crippen LogP contribution in [-0.2, 0) is 0 Å². The van der Waals surface area contributed by atoms with Crippen molar-refractivity contribution in [2.45, 2.75) is 26.7 Å². The summed E-state index contributed by atoms with van der Waals surface area (Å²) in [6.45, 7) is 12.3. The van der Waals surface area contributed by atoms with Crippen LogP contribution in [0.25, 0.3) is 5.57 Å². The zero-order chi connectivity index (χ0) is 10.6. The van der Waals surface area contributed by atoms with Gasteiger partial charge in [-0.1, -0.05) is 55.5 Å². The molecule has 0 aliphatic carbocycles. The van der Waals surface area contributed by atoms with Gasteiger partial charge >= 0.3 is 0 Å². The Bertz CT molecular complexity index is 328. The van der Waals surface area contributed by atoms with Gasteiger partial charge in [0, 0.05) is 0 Å². The quantitative estimate of drug-likeness (QED) is 0.613. The molecule has 0 aliphatic heterocycles. The maximum absolute atomic E-state index is 4.08. The third kappa shape index (κ3) is 2.88. The first-order valence-electron chi connectivity index (χ1n) is 5.05. The van der Waals surface area contributed by atoms with Crippen molar-refractivity contribution in [2.75, 3.05) is 0 Å². The fraction of sp³-hybridized carbons (Fsp3) is 0.286. The average Bonchev–Trinajstić information content (AvgIpc) is 2.18. The molecule has 74 valence electrons. The predicted octanol–water partition coefficient (Wildman–Crippen LogP) is 4.36.